The van der Waals surface area contributed by atoms with E-state index in [9.17, 15) is 4.79 Å². The lowest BCUT2D eigenvalue weighted by molar-refractivity contribution is -0.149. The third-order valence-electron chi connectivity index (χ3n) is 3.26. The number of hydrogen-bond donors (Lipinski definition) is 2. The van der Waals surface area contributed by atoms with Crippen molar-refractivity contribution in [3.05, 3.63) is 42.9 Å². The van der Waals surface area contributed by atoms with Crippen molar-refractivity contribution >= 4 is 22.7 Å². The quantitative estimate of drug-likeness (QED) is 0.711. The van der Waals surface area contributed by atoms with Gasteiger partial charge in [0.15, 0.2) is 0 Å². The van der Waals surface area contributed by atoms with Gasteiger partial charge in [-0.3, -0.25) is 0 Å². The van der Waals surface area contributed by atoms with E-state index in [4.69, 9.17) is 9.57 Å². The Morgan fingerprint density at radius 2 is 1.88 bits per heavy atom. The summed E-state index contributed by atoms with van der Waals surface area (Å²) in [6.45, 7) is 5.37. The highest BCUT2D eigenvalue weighted by atomic mass is 16.7. The van der Waals surface area contributed by atoms with E-state index in [1.165, 1.54) is 6.33 Å². The van der Waals surface area contributed by atoms with Gasteiger partial charge in [0, 0.05) is 6.20 Å². The number of aromatic amines is 1. The molecule has 0 atom stereocenters. The second kappa shape index (κ2) is 6.19. The van der Waals surface area contributed by atoms with Crippen LogP contribution in [0.4, 0.5) is 5.69 Å². The molecule has 0 saturated carbocycles. The number of H-pyrrole nitrogens is 1. The Balaban J connectivity index is 1.67. The molecule has 1 aromatic carbocycles. The number of aromatic nitrogens is 3. The summed E-state index contributed by atoms with van der Waals surface area (Å²) in [4.78, 5) is 28.0. The summed E-state index contributed by atoms with van der Waals surface area (Å²) in [5.74, 6) is 0.753. The van der Waals surface area contributed by atoms with Crippen LogP contribution in [0.25, 0.3) is 11.0 Å². The summed E-state index contributed by atoms with van der Waals surface area (Å²) in [6, 6.07) is 8.87. The number of benzene rings is 1. The van der Waals surface area contributed by atoms with Crippen LogP contribution < -0.4 is 10.2 Å². The fourth-order valence-corrected chi connectivity index (χ4v) is 1.89. The van der Waals surface area contributed by atoms with E-state index in [1.807, 2.05) is 6.07 Å². The summed E-state index contributed by atoms with van der Waals surface area (Å²) in [6.07, 6.45) is 3.22. The van der Waals surface area contributed by atoms with Gasteiger partial charge in [0.1, 0.15) is 17.7 Å². The number of carbonyl (C=O) groups excluding carboxylic acids is 1. The van der Waals surface area contributed by atoms with Gasteiger partial charge in [-0.25, -0.2) is 20.2 Å². The first-order chi connectivity index (χ1) is 11.4. The van der Waals surface area contributed by atoms with Crippen LogP contribution in [0, 0.1) is 5.41 Å². The molecule has 2 heterocycles. The average Bonchev–Trinajstić information content (AvgIpc) is 3.02. The number of anilines is 1. The van der Waals surface area contributed by atoms with Gasteiger partial charge in [-0.15, -0.1) is 0 Å². The van der Waals surface area contributed by atoms with Gasteiger partial charge in [0.25, 0.3) is 0 Å². The Morgan fingerprint density at radius 1 is 1.12 bits per heavy atom. The first kappa shape index (κ1) is 15.8. The van der Waals surface area contributed by atoms with Crippen molar-refractivity contribution in [1.29, 1.82) is 0 Å². The molecule has 0 fully saturated rings. The molecular weight excluding hydrogens is 308 g/mol. The van der Waals surface area contributed by atoms with Crippen molar-refractivity contribution < 1.29 is 14.4 Å². The second-order valence-corrected chi connectivity index (χ2v) is 6.29. The highest BCUT2D eigenvalue weighted by molar-refractivity contribution is 5.80. The number of ether oxygens (including phenoxy) is 1. The van der Waals surface area contributed by atoms with Gasteiger partial charge in [-0.05, 0) is 51.1 Å². The molecule has 0 spiro atoms. The lowest BCUT2D eigenvalue weighted by Crippen LogP contribution is -2.25. The summed E-state index contributed by atoms with van der Waals surface area (Å²) in [5.41, 5.74) is 3.43. The predicted molar refractivity (Wildman–Crippen MR) is 89.6 cm³/mol. The minimum absolute atomic E-state index is 0.335. The Kier molecular flexibility index (Phi) is 4.07. The number of carbonyl (C=O) groups is 1. The van der Waals surface area contributed by atoms with Crippen LogP contribution in [0.2, 0.25) is 0 Å². The Bertz CT molecular complexity index is 850. The molecule has 2 N–H and O–H groups in total. The van der Waals surface area contributed by atoms with E-state index in [1.54, 1.807) is 51.2 Å². The maximum atomic E-state index is 11.7. The van der Waals surface area contributed by atoms with Crippen LogP contribution in [-0.4, -0.2) is 20.9 Å². The topological polar surface area (TPSA) is 89.1 Å². The Morgan fingerprint density at radius 3 is 2.58 bits per heavy atom. The van der Waals surface area contributed by atoms with Gasteiger partial charge < -0.3 is 14.6 Å². The number of nitrogens with zero attached hydrogens (tertiary/aromatic N) is 2. The van der Waals surface area contributed by atoms with Gasteiger partial charge >= 0.3 is 5.97 Å². The molecule has 0 bridgehead atoms. The molecule has 7 nitrogen and oxygen atoms in total. The van der Waals surface area contributed by atoms with Crippen LogP contribution >= 0.6 is 0 Å². The molecule has 0 radical (unpaired) electrons. The monoisotopic (exact) mass is 326 g/mol. The zero-order valence-electron chi connectivity index (χ0n) is 13.7. The molecule has 2 aromatic heterocycles. The second-order valence-electron chi connectivity index (χ2n) is 6.29. The smallest absolute Gasteiger partial charge is 0.337 e. The predicted octanol–water partition coefficient (Wildman–Crippen LogP) is 3.67. The summed E-state index contributed by atoms with van der Waals surface area (Å²) < 4.78 is 5.78. The van der Waals surface area contributed by atoms with Crippen LogP contribution in [-0.2, 0) is 9.63 Å². The number of nitrogens with one attached hydrogen (secondary N) is 2. The molecule has 124 valence electrons. The minimum atomic E-state index is -0.564. The van der Waals surface area contributed by atoms with Crippen LogP contribution in [0.1, 0.15) is 20.8 Å². The Hall–Kier alpha value is -3.09. The fraction of sp³-hybridized carbons (Fsp3) is 0.235. The van der Waals surface area contributed by atoms with Crippen LogP contribution in [0.5, 0.6) is 11.6 Å². The van der Waals surface area contributed by atoms with E-state index >= 15 is 0 Å². The van der Waals surface area contributed by atoms with Crippen molar-refractivity contribution in [3.8, 4) is 11.6 Å². The van der Waals surface area contributed by atoms with E-state index in [-0.39, 0.29) is 5.97 Å². The van der Waals surface area contributed by atoms with Gasteiger partial charge in [-0.1, -0.05) is 0 Å². The maximum Gasteiger partial charge on any atom is 0.337 e. The first-order valence-electron chi connectivity index (χ1n) is 7.47. The normalized spacial score (nSPS) is 11.3. The van der Waals surface area contributed by atoms with Crippen molar-refractivity contribution in [2.75, 3.05) is 5.48 Å². The molecule has 0 aliphatic rings. The Labute approximate surface area is 139 Å². The number of rotatable bonds is 4. The molecule has 3 rings (SSSR count). The van der Waals surface area contributed by atoms with Gasteiger partial charge in [0.05, 0.1) is 16.5 Å². The highest BCUT2D eigenvalue weighted by Gasteiger charge is 2.23. The van der Waals surface area contributed by atoms with E-state index in [0.717, 1.165) is 5.39 Å². The van der Waals surface area contributed by atoms with E-state index in [0.29, 0.717) is 23.0 Å². The minimum Gasteiger partial charge on any atom is -0.438 e. The zero-order chi connectivity index (χ0) is 17.2. The molecule has 24 heavy (non-hydrogen) atoms. The van der Waals surface area contributed by atoms with Crippen molar-refractivity contribution in [2.24, 2.45) is 5.41 Å². The van der Waals surface area contributed by atoms with Gasteiger partial charge in [0.2, 0.25) is 5.88 Å². The summed E-state index contributed by atoms with van der Waals surface area (Å²) in [7, 11) is 0. The number of hydrogen-bond acceptors (Lipinski definition) is 6. The summed E-state index contributed by atoms with van der Waals surface area (Å²) in [5, 5.41) is 0.804. The molecule has 0 aliphatic heterocycles. The molecule has 0 aliphatic carbocycles. The van der Waals surface area contributed by atoms with Crippen LogP contribution in [0.15, 0.2) is 42.9 Å². The average molecular weight is 326 g/mol. The van der Waals surface area contributed by atoms with Gasteiger partial charge in [-0.2, -0.15) is 0 Å². The molecule has 0 amide bonds. The molecule has 7 heteroatoms. The zero-order valence-corrected chi connectivity index (χ0v) is 13.7. The van der Waals surface area contributed by atoms with E-state index in [2.05, 4.69) is 20.4 Å². The summed E-state index contributed by atoms with van der Waals surface area (Å²) >= 11 is 0. The fourth-order valence-electron chi connectivity index (χ4n) is 1.89. The van der Waals surface area contributed by atoms with Crippen molar-refractivity contribution in [2.45, 2.75) is 20.8 Å². The largest absolute Gasteiger partial charge is 0.438 e. The van der Waals surface area contributed by atoms with E-state index < -0.39 is 5.41 Å². The first-order valence-corrected chi connectivity index (χ1v) is 7.47. The molecule has 0 saturated heterocycles. The van der Waals surface area contributed by atoms with Crippen molar-refractivity contribution in [3.63, 3.8) is 0 Å². The highest BCUT2D eigenvalue weighted by Crippen LogP contribution is 2.27. The SMILES string of the molecule is CC(C)(C)C(=O)ONc1ccc(Oc2ncnc3[nH]ccc23)cc1. The lowest BCUT2D eigenvalue weighted by atomic mass is 9.98. The standard InChI is InChI=1S/C17H18N4O3/c1-17(2,3)16(22)24-21-11-4-6-12(7-5-11)23-15-13-8-9-18-14(13)19-10-20-15/h4-10,21H,1-3H3,(H,18,19,20). The number of fused-ring (bicyclic) bond motifs is 1. The molecular formula is C17H18N4O3. The molecule has 3 aromatic rings. The maximum absolute atomic E-state index is 11.7. The van der Waals surface area contributed by atoms with Crippen LogP contribution in [0.3, 0.4) is 0 Å². The molecule has 0 unspecified atom stereocenters. The lowest BCUT2D eigenvalue weighted by Gasteiger charge is -2.16. The van der Waals surface area contributed by atoms with Crippen molar-refractivity contribution in [1.82, 2.24) is 15.0 Å². The third-order valence-corrected chi connectivity index (χ3v) is 3.26. The third kappa shape index (κ3) is 3.45.